The molecule has 8 heteroatoms. The third-order valence-corrected chi connectivity index (χ3v) is 7.28. The Morgan fingerprint density at radius 2 is 1.72 bits per heavy atom. The van der Waals surface area contributed by atoms with Gasteiger partial charge in [-0.3, -0.25) is 14.5 Å². The van der Waals surface area contributed by atoms with Crippen LogP contribution in [-0.4, -0.2) is 34.4 Å². The van der Waals surface area contributed by atoms with Gasteiger partial charge in [0.05, 0.1) is 23.9 Å². The van der Waals surface area contributed by atoms with E-state index in [-0.39, 0.29) is 27.9 Å². The molecule has 186 valence electrons. The average Bonchev–Trinajstić information content (AvgIpc) is 3.36. The molecular weight excluding hydrogens is 476 g/mol. The van der Waals surface area contributed by atoms with Crippen LogP contribution in [0.25, 0.3) is 5.76 Å². The molecule has 1 aliphatic heterocycles. The predicted octanol–water partition coefficient (Wildman–Crippen LogP) is 5.69. The topological polar surface area (TPSA) is 96.8 Å². The lowest BCUT2D eigenvalue weighted by atomic mass is 9.93. The van der Waals surface area contributed by atoms with Crippen molar-refractivity contribution in [2.24, 2.45) is 0 Å². The summed E-state index contributed by atoms with van der Waals surface area (Å²) in [4.78, 5) is 45.1. The minimum atomic E-state index is -0.909. The van der Waals surface area contributed by atoms with Gasteiger partial charge in [-0.2, -0.15) is 0 Å². The minimum absolute atomic E-state index is 0.0216. The number of ketones is 1. The highest BCUT2D eigenvalue weighted by Gasteiger charge is 2.48. The van der Waals surface area contributed by atoms with Gasteiger partial charge in [0.2, 0.25) is 0 Å². The van der Waals surface area contributed by atoms with Gasteiger partial charge in [0.25, 0.3) is 5.78 Å². The van der Waals surface area contributed by atoms with Crippen LogP contribution in [0.3, 0.4) is 0 Å². The van der Waals surface area contributed by atoms with Gasteiger partial charge >= 0.3 is 11.9 Å². The monoisotopic (exact) mass is 504 g/mol. The second kappa shape index (κ2) is 10.1. The van der Waals surface area contributed by atoms with E-state index in [1.165, 1.54) is 4.90 Å². The molecule has 0 radical (unpaired) electrons. The first kappa shape index (κ1) is 25.3. The lowest BCUT2D eigenvalue weighted by molar-refractivity contribution is -0.132. The lowest BCUT2D eigenvalue weighted by Gasteiger charge is -2.23. The maximum absolute atomic E-state index is 13.4. The fourth-order valence-electron chi connectivity index (χ4n) is 4.15. The zero-order chi connectivity index (χ0) is 26.1. The van der Waals surface area contributed by atoms with Crippen LogP contribution in [0.4, 0.5) is 5.13 Å². The van der Waals surface area contributed by atoms with Gasteiger partial charge < -0.3 is 9.84 Å². The van der Waals surface area contributed by atoms with E-state index >= 15 is 0 Å². The Morgan fingerprint density at radius 1 is 1.08 bits per heavy atom. The molecule has 0 unspecified atom stereocenters. The van der Waals surface area contributed by atoms with E-state index in [1.807, 2.05) is 43.3 Å². The van der Waals surface area contributed by atoms with Crippen LogP contribution in [0, 0.1) is 13.8 Å². The smallest absolute Gasteiger partial charge is 0.350 e. The average molecular weight is 505 g/mol. The number of aliphatic hydroxyl groups is 1. The van der Waals surface area contributed by atoms with Crippen LogP contribution in [0.2, 0.25) is 0 Å². The maximum atomic E-state index is 13.4. The minimum Gasteiger partial charge on any atom is -0.507 e. The third kappa shape index (κ3) is 4.56. The highest BCUT2D eigenvalue weighted by Crippen LogP contribution is 2.44. The van der Waals surface area contributed by atoms with Crippen molar-refractivity contribution in [3.63, 3.8) is 0 Å². The summed E-state index contributed by atoms with van der Waals surface area (Å²) in [5, 5.41) is 11.4. The second-order valence-electron chi connectivity index (χ2n) is 8.99. The summed E-state index contributed by atoms with van der Waals surface area (Å²) < 4.78 is 5.12. The zero-order valence-electron chi connectivity index (χ0n) is 20.9. The molecule has 36 heavy (non-hydrogen) atoms. The number of nitrogens with zero attached hydrogens (tertiary/aromatic N) is 2. The Morgan fingerprint density at radius 3 is 2.31 bits per heavy atom. The molecule has 1 fully saturated rings. The molecule has 1 N–H and O–H groups in total. The van der Waals surface area contributed by atoms with Crippen molar-refractivity contribution < 1.29 is 24.2 Å². The predicted molar refractivity (Wildman–Crippen MR) is 139 cm³/mol. The van der Waals surface area contributed by atoms with Crippen LogP contribution in [0.5, 0.6) is 0 Å². The largest absolute Gasteiger partial charge is 0.507 e. The molecule has 1 amide bonds. The van der Waals surface area contributed by atoms with Crippen molar-refractivity contribution in [1.29, 1.82) is 0 Å². The number of hydrogen-bond donors (Lipinski definition) is 1. The first-order valence-electron chi connectivity index (χ1n) is 11.8. The van der Waals surface area contributed by atoms with Crippen molar-refractivity contribution in [3.8, 4) is 0 Å². The van der Waals surface area contributed by atoms with E-state index in [0.717, 1.165) is 22.5 Å². The number of carbonyl (C=O) groups is 3. The number of hydrogen-bond acceptors (Lipinski definition) is 7. The van der Waals surface area contributed by atoms with E-state index in [9.17, 15) is 19.5 Å². The van der Waals surface area contributed by atoms with Crippen LogP contribution in [0.15, 0.2) is 54.1 Å². The number of benzene rings is 2. The number of Topliss-reactive ketones (excluding diaryl/α,β-unsaturated/α-hetero) is 1. The van der Waals surface area contributed by atoms with Gasteiger partial charge in [-0.15, -0.1) is 0 Å². The zero-order valence-corrected chi connectivity index (χ0v) is 21.7. The first-order valence-corrected chi connectivity index (χ1v) is 12.6. The summed E-state index contributed by atoms with van der Waals surface area (Å²) >= 11 is 0.992. The SMILES string of the molecule is CCOC(=O)c1sc(N2C(=O)C(=O)/C(=C(/O)c3ccc(C)cc3)[C@H]2c2ccc(C(C)C)cc2)nc1C. The Hall–Kier alpha value is -3.78. The maximum Gasteiger partial charge on any atom is 0.350 e. The molecule has 0 spiro atoms. The Bertz CT molecular complexity index is 1350. The summed E-state index contributed by atoms with van der Waals surface area (Å²) in [6.45, 7) is 9.64. The lowest BCUT2D eigenvalue weighted by Crippen LogP contribution is -2.29. The van der Waals surface area contributed by atoms with Crippen LogP contribution < -0.4 is 4.90 Å². The number of anilines is 1. The number of aliphatic hydroxyl groups excluding tert-OH is 1. The quantitative estimate of drug-likeness (QED) is 0.201. The molecular formula is C28H28N2O5S. The molecule has 1 saturated heterocycles. The fraction of sp³-hybridized carbons (Fsp3) is 0.286. The summed E-state index contributed by atoms with van der Waals surface area (Å²) in [7, 11) is 0. The van der Waals surface area contributed by atoms with E-state index in [1.54, 1.807) is 26.0 Å². The molecule has 4 rings (SSSR count). The van der Waals surface area contributed by atoms with Crippen molar-refractivity contribution in [1.82, 2.24) is 4.98 Å². The molecule has 0 bridgehead atoms. The first-order chi connectivity index (χ1) is 17.1. The van der Waals surface area contributed by atoms with E-state index in [4.69, 9.17) is 4.74 Å². The number of thiazole rings is 1. The van der Waals surface area contributed by atoms with Gasteiger partial charge in [0.1, 0.15) is 10.6 Å². The molecule has 2 aromatic carbocycles. The van der Waals surface area contributed by atoms with Crippen LogP contribution >= 0.6 is 11.3 Å². The summed E-state index contributed by atoms with van der Waals surface area (Å²) in [6.07, 6.45) is 0. The highest BCUT2D eigenvalue weighted by atomic mass is 32.1. The van der Waals surface area contributed by atoms with E-state index < -0.39 is 23.7 Å². The molecule has 0 aliphatic carbocycles. The molecule has 7 nitrogen and oxygen atoms in total. The molecule has 0 saturated carbocycles. The molecule has 1 atom stereocenters. The Labute approximate surface area is 214 Å². The normalized spacial score (nSPS) is 17.2. The van der Waals surface area contributed by atoms with Crippen molar-refractivity contribution in [2.75, 3.05) is 11.5 Å². The van der Waals surface area contributed by atoms with Crippen LogP contribution in [0.1, 0.15) is 70.4 Å². The Kier molecular flexibility index (Phi) is 7.08. The summed E-state index contributed by atoms with van der Waals surface area (Å²) in [5.41, 5.74) is 3.57. The van der Waals surface area contributed by atoms with Gasteiger partial charge in [0, 0.05) is 5.56 Å². The summed E-state index contributed by atoms with van der Waals surface area (Å²) in [6, 6.07) is 13.8. The Balaban J connectivity index is 1.90. The number of esters is 1. The highest BCUT2D eigenvalue weighted by molar-refractivity contribution is 7.17. The number of amides is 1. The van der Waals surface area contributed by atoms with Gasteiger partial charge in [-0.25, -0.2) is 9.78 Å². The number of aromatic nitrogens is 1. The van der Waals surface area contributed by atoms with Gasteiger partial charge in [-0.1, -0.05) is 79.3 Å². The molecule has 2 heterocycles. The number of rotatable bonds is 6. The fourth-order valence-corrected chi connectivity index (χ4v) is 5.13. The van der Waals surface area contributed by atoms with Crippen molar-refractivity contribution in [3.05, 3.63) is 86.9 Å². The van der Waals surface area contributed by atoms with Crippen molar-refractivity contribution >= 4 is 39.9 Å². The van der Waals surface area contributed by atoms with E-state index in [0.29, 0.717) is 22.7 Å². The number of carbonyl (C=O) groups excluding carboxylic acids is 3. The number of ether oxygens (including phenoxy) is 1. The van der Waals surface area contributed by atoms with Gasteiger partial charge in [-0.05, 0) is 37.8 Å². The standard InChI is InChI=1S/C28H28N2O5S/c1-6-35-27(34)25-17(5)29-28(36-25)30-22(19-13-11-18(12-14-19)15(2)3)21(24(32)26(30)33)23(31)20-9-7-16(4)8-10-20/h7-15,22,31H,6H2,1-5H3/b23-21+/t22-/m1/s1. The van der Waals surface area contributed by atoms with E-state index in [2.05, 4.69) is 18.8 Å². The van der Waals surface area contributed by atoms with Crippen LogP contribution in [-0.2, 0) is 14.3 Å². The second-order valence-corrected chi connectivity index (χ2v) is 9.97. The summed E-state index contributed by atoms with van der Waals surface area (Å²) in [5.74, 6) is -2.12. The third-order valence-electron chi connectivity index (χ3n) is 6.14. The molecule has 3 aromatic rings. The van der Waals surface area contributed by atoms with Crippen molar-refractivity contribution in [2.45, 2.75) is 46.6 Å². The number of aryl methyl sites for hydroxylation is 2. The molecule has 1 aromatic heterocycles. The van der Waals surface area contributed by atoms with Gasteiger partial charge in [0.15, 0.2) is 5.13 Å². The molecule has 1 aliphatic rings.